The molecule has 2 rings (SSSR count). The van der Waals surface area contributed by atoms with Crippen molar-refractivity contribution < 1.29 is 0 Å². The van der Waals surface area contributed by atoms with Crippen LogP contribution in [0.3, 0.4) is 0 Å². The van der Waals surface area contributed by atoms with Crippen LogP contribution >= 0.6 is 9.39 Å². The van der Waals surface area contributed by atoms with Crippen LogP contribution in [-0.4, -0.2) is 28.3 Å². The maximum atomic E-state index is 4.33. The van der Waals surface area contributed by atoms with E-state index in [0.717, 1.165) is 12.2 Å². The number of pyridine rings is 1. The summed E-state index contributed by atoms with van der Waals surface area (Å²) in [5.74, 6) is 0. The van der Waals surface area contributed by atoms with Crippen LogP contribution in [0.1, 0.15) is 5.56 Å². The Morgan fingerprint density at radius 2 is 2.29 bits per heavy atom. The van der Waals surface area contributed by atoms with Gasteiger partial charge in [-0.05, 0) is 41.2 Å². The van der Waals surface area contributed by atoms with Crippen molar-refractivity contribution in [2.24, 2.45) is 0 Å². The zero-order chi connectivity index (χ0) is 10.1. The van der Waals surface area contributed by atoms with Gasteiger partial charge in [0.2, 0.25) is 0 Å². The Morgan fingerprint density at radius 3 is 3.00 bits per heavy atom. The van der Waals surface area contributed by atoms with Gasteiger partial charge in [-0.15, -0.1) is 0 Å². The fourth-order valence-electron chi connectivity index (χ4n) is 1.62. The van der Waals surface area contributed by atoms with Gasteiger partial charge < -0.3 is 9.24 Å². The molecule has 2 aromatic rings. The second-order valence-corrected chi connectivity index (χ2v) is 4.23. The predicted octanol–water partition coefficient (Wildman–Crippen LogP) is 1.74. The second kappa shape index (κ2) is 3.68. The Kier molecular flexibility index (Phi) is 2.53. The summed E-state index contributed by atoms with van der Waals surface area (Å²) in [6, 6.07) is 4.09. The minimum Gasteiger partial charge on any atom is -0.317 e. The van der Waals surface area contributed by atoms with Gasteiger partial charge in [0.25, 0.3) is 0 Å². The van der Waals surface area contributed by atoms with Gasteiger partial charge in [-0.25, -0.2) is 4.98 Å². The Hall–Kier alpha value is -0.920. The fourth-order valence-corrected chi connectivity index (χ4v) is 2.00. The lowest BCUT2D eigenvalue weighted by Gasteiger charge is -2.07. The van der Waals surface area contributed by atoms with Crippen LogP contribution in [-0.2, 0) is 6.54 Å². The second-order valence-electron chi connectivity index (χ2n) is 3.67. The number of hydrogen-bond donors (Lipinski definition) is 0. The molecule has 0 saturated heterocycles. The summed E-state index contributed by atoms with van der Waals surface area (Å²) >= 11 is 0. The molecule has 2 heterocycles. The van der Waals surface area contributed by atoms with Crippen molar-refractivity contribution in [3.63, 3.8) is 0 Å². The Bertz CT molecular complexity index is 448. The lowest BCUT2D eigenvalue weighted by Crippen LogP contribution is -2.10. The lowest BCUT2D eigenvalue weighted by atomic mass is 10.2. The van der Waals surface area contributed by atoms with E-state index in [2.05, 4.69) is 45.6 Å². The molecule has 14 heavy (non-hydrogen) atoms. The van der Waals surface area contributed by atoms with E-state index < -0.39 is 0 Å². The normalized spacial score (nSPS) is 11.4. The maximum Gasteiger partial charge on any atom is 0.143 e. The molecule has 74 valence electrons. The number of hydrogen-bond acceptors (Lipinski definition) is 2. The van der Waals surface area contributed by atoms with Crippen molar-refractivity contribution in [3.05, 3.63) is 30.1 Å². The van der Waals surface area contributed by atoms with Crippen LogP contribution in [0, 0.1) is 0 Å². The summed E-state index contributed by atoms with van der Waals surface area (Å²) in [5.41, 5.74) is 2.34. The molecule has 0 amide bonds. The Balaban J connectivity index is 2.55. The molecule has 0 aliphatic rings. The quantitative estimate of drug-likeness (QED) is 0.699. The van der Waals surface area contributed by atoms with Gasteiger partial charge in [-0.2, -0.15) is 0 Å². The van der Waals surface area contributed by atoms with E-state index >= 15 is 0 Å². The SMILES string of the molecule is CN(C)Cc1cn(P)c2ncccc12. The third kappa shape index (κ3) is 1.66. The van der Waals surface area contributed by atoms with Gasteiger partial charge in [0.15, 0.2) is 0 Å². The van der Waals surface area contributed by atoms with Gasteiger partial charge in [0.05, 0.1) is 0 Å². The lowest BCUT2D eigenvalue weighted by molar-refractivity contribution is 0.404. The van der Waals surface area contributed by atoms with Crippen LogP contribution in [0.5, 0.6) is 0 Å². The van der Waals surface area contributed by atoms with Crippen LogP contribution in [0.4, 0.5) is 0 Å². The summed E-state index contributed by atoms with van der Waals surface area (Å²) in [7, 11) is 6.81. The molecular formula is C10H14N3P. The molecule has 3 nitrogen and oxygen atoms in total. The summed E-state index contributed by atoms with van der Waals surface area (Å²) in [5, 5.41) is 1.23. The topological polar surface area (TPSA) is 21.1 Å². The average Bonchev–Trinajstić information content (AvgIpc) is 2.44. The zero-order valence-electron chi connectivity index (χ0n) is 8.44. The molecule has 0 N–H and O–H groups in total. The molecule has 0 fully saturated rings. The van der Waals surface area contributed by atoms with E-state index in [1.54, 1.807) is 0 Å². The van der Waals surface area contributed by atoms with Crippen molar-refractivity contribution in [2.45, 2.75) is 6.54 Å². The van der Waals surface area contributed by atoms with Crippen LogP contribution in [0.2, 0.25) is 0 Å². The molecule has 0 spiro atoms. The van der Waals surface area contributed by atoms with Crippen molar-refractivity contribution in [3.8, 4) is 0 Å². The highest BCUT2D eigenvalue weighted by atomic mass is 31.0. The summed E-state index contributed by atoms with van der Waals surface area (Å²) in [4.78, 5) is 6.49. The first-order valence-corrected chi connectivity index (χ1v) is 5.05. The Morgan fingerprint density at radius 1 is 1.50 bits per heavy atom. The summed E-state index contributed by atoms with van der Waals surface area (Å²) in [6.07, 6.45) is 3.94. The summed E-state index contributed by atoms with van der Waals surface area (Å²) < 4.78 is 1.99. The third-order valence-corrected chi connectivity index (χ3v) is 2.55. The van der Waals surface area contributed by atoms with Crippen molar-refractivity contribution >= 4 is 20.4 Å². The minimum absolute atomic E-state index is 0.948. The van der Waals surface area contributed by atoms with E-state index in [1.165, 1.54) is 10.9 Å². The Labute approximate surface area is 86.0 Å². The maximum absolute atomic E-state index is 4.33. The highest BCUT2D eigenvalue weighted by molar-refractivity contribution is 7.14. The molecule has 0 aliphatic carbocycles. The molecule has 1 atom stereocenters. The number of nitrogens with zero attached hydrogens (tertiary/aromatic N) is 3. The summed E-state index contributed by atoms with van der Waals surface area (Å²) in [6.45, 7) is 0.948. The monoisotopic (exact) mass is 207 g/mol. The largest absolute Gasteiger partial charge is 0.317 e. The number of rotatable bonds is 2. The van der Waals surface area contributed by atoms with E-state index in [-0.39, 0.29) is 0 Å². The standard InChI is InChI=1S/C10H14N3P/c1-12(2)6-8-7-13(14)10-9(8)4-3-5-11-10/h3-5,7H,6,14H2,1-2H3. The fraction of sp³-hybridized carbons (Fsp3) is 0.300. The molecule has 0 aliphatic heterocycles. The zero-order valence-corrected chi connectivity index (χ0v) is 9.59. The third-order valence-electron chi connectivity index (χ3n) is 2.16. The number of fused-ring (bicyclic) bond motifs is 1. The van der Waals surface area contributed by atoms with E-state index in [4.69, 9.17) is 0 Å². The van der Waals surface area contributed by atoms with Crippen LogP contribution < -0.4 is 0 Å². The molecular weight excluding hydrogens is 193 g/mol. The first kappa shape index (κ1) is 9.63. The van der Waals surface area contributed by atoms with E-state index in [1.807, 2.05) is 16.6 Å². The minimum atomic E-state index is 0.948. The molecule has 0 saturated carbocycles. The molecule has 2 aromatic heterocycles. The van der Waals surface area contributed by atoms with Gasteiger partial charge in [0.1, 0.15) is 5.65 Å². The molecule has 0 radical (unpaired) electrons. The average molecular weight is 207 g/mol. The molecule has 4 heteroatoms. The molecule has 1 unspecified atom stereocenters. The first-order chi connectivity index (χ1) is 6.68. The van der Waals surface area contributed by atoms with Crippen molar-refractivity contribution in [1.29, 1.82) is 0 Å². The highest BCUT2D eigenvalue weighted by Gasteiger charge is 2.06. The molecule has 0 bridgehead atoms. The van der Waals surface area contributed by atoms with Gasteiger partial charge in [0, 0.05) is 24.3 Å². The first-order valence-electron chi connectivity index (χ1n) is 4.53. The van der Waals surface area contributed by atoms with Gasteiger partial charge in [-0.1, -0.05) is 0 Å². The van der Waals surface area contributed by atoms with Gasteiger partial charge in [-0.3, -0.25) is 0 Å². The van der Waals surface area contributed by atoms with Crippen molar-refractivity contribution in [2.75, 3.05) is 14.1 Å². The highest BCUT2D eigenvalue weighted by Crippen LogP contribution is 2.21. The van der Waals surface area contributed by atoms with Crippen molar-refractivity contribution in [1.82, 2.24) is 14.2 Å². The van der Waals surface area contributed by atoms with E-state index in [0.29, 0.717) is 0 Å². The van der Waals surface area contributed by atoms with Crippen LogP contribution in [0.15, 0.2) is 24.5 Å². The predicted molar refractivity (Wildman–Crippen MR) is 62.2 cm³/mol. The molecule has 0 aromatic carbocycles. The smallest absolute Gasteiger partial charge is 0.143 e. The van der Waals surface area contributed by atoms with Crippen LogP contribution in [0.25, 0.3) is 11.0 Å². The number of aromatic nitrogens is 2. The van der Waals surface area contributed by atoms with E-state index in [9.17, 15) is 0 Å². The van der Waals surface area contributed by atoms with Gasteiger partial charge >= 0.3 is 0 Å².